The molecule has 0 fully saturated rings. The second kappa shape index (κ2) is 8.94. The molecule has 0 N–H and O–H groups in total. The van der Waals surface area contributed by atoms with Crippen LogP contribution in [0.25, 0.3) is 0 Å². The molecule has 1 amide bonds. The van der Waals surface area contributed by atoms with Gasteiger partial charge in [-0.15, -0.1) is 0 Å². The minimum absolute atomic E-state index is 0.232. The first-order valence-corrected chi connectivity index (χ1v) is 9.44. The van der Waals surface area contributed by atoms with Crippen molar-refractivity contribution in [2.45, 2.75) is 33.7 Å². The molecule has 0 bridgehead atoms. The summed E-state index contributed by atoms with van der Waals surface area (Å²) in [6.45, 7) is 7.16. The van der Waals surface area contributed by atoms with Gasteiger partial charge < -0.3 is 18.9 Å². The third-order valence-electron chi connectivity index (χ3n) is 5.24. The highest BCUT2D eigenvalue weighted by molar-refractivity contribution is 6.07. The normalized spacial score (nSPS) is 11.7. The fourth-order valence-electron chi connectivity index (χ4n) is 3.35. The van der Waals surface area contributed by atoms with Crippen LogP contribution in [0.4, 0.5) is 0 Å². The molecule has 0 spiro atoms. The van der Waals surface area contributed by atoms with E-state index in [1.807, 2.05) is 0 Å². The topological polar surface area (TPSA) is 77.8 Å². The number of hydrogen-bond donors (Lipinski definition) is 0. The van der Waals surface area contributed by atoms with Gasteiger partial charge in [0.05, 0.1) is 19.8 Å². The average molecular weight is 400 g/mol. The van der Waals surface area contributed by atoms with Crippen molar-refractivity contribution in [3.63, 3.8) is 0 Å². The Balaban J connectivity index is 2.35. The summed E-state index contributed by atoms with van der Waals surface area (Å²) in [5.74, 6) is -0.424. The van der Waals surface area contributed by atoms with Crippen LogP contribution in [0.2, 0.25) is 0 Å². The zero-order valence-corrected chi connectivity index (χ0v) is 18.0. The number of carbonyl (C=O) groups excluding carboxylic acids is 3. The average Bonchev–Trinajstić information content (AvgIpc) is 2.94. The Labute approximate surface area is 171 Å². The first kappa shape index (κ1) is 22.2. The number of likely N-dealkylation sites (N-methyl/N-ethyl adjacent to an activating group) is 1. The lowest BCUT2D eigenvalue weighted by atomic mass is 9.99. The Morgan fingerprint density at radius 1 is 1.21 bits per heavy atom. The SMILES string of the molecule is CCOC(=O)c1c(C)c(C(=O)C(C)N(C)C(=O)c2cccc(OC)c2)c(C)n1C. The van der Waals surface area contributed by atoms with Crippen LogP contribution in [-0.4, -0.2) is 53.9 Å². The second-order valence-corrected chi connectivity index (χ2v) is 6.90. The van der Waals surface area contributed by atoms with E-state index < -0.39 is 12.0 Å². The number of hydrogen-bond acceptors (Lipinski definition) is 5. The molecule has 1 unspecified atom stereocenters. The standard InChI is InChI=1S/C22H28N2O5/c1-8-29-22(27)19-13(2)18(14(3)23(19)5)20(25)15(4)24(6)21(26)16-10-9-11-17(12-16)28-7/h9-12,15H,8H2,1-7H3. The highest BCUT2D eigenvalue weighted by Crippen LogP contribution is 2.25. The van der Waals surface area contributed by atoms with Gasteiger partial charge in [-0.1, -0.05) is 6.07 Å². The van der Waals surface area contributed by atoms with E-state index in [1.165, 1.54) is 12.0 Å². The zero-order chi connectivity index (χ0) is 21.9. The van der Waals surface area contributed by atoms with Crippen LogP contribution in [0.3, 0.4) is 0 Å². The van der Waals surface area contributed by atoms with Gasteiger partial charge in [-0.3, -0.25) is 9.59 Å². The molecule has 0 aliphatic carbocycles. The number of ketones is 1. The van der Waals surface area contributed by atoms with Crippen LogP contribution < -0.4 is 4.74 Å². The molecule has 156 valence electrons. The van der Waals surface area contributed by atoms with Gasteiger partial charge in [0.2, 0.25) is 0 Å². The van der Waals surface area contributed by atoms with Crippen molar-refractivity contribution in [1.82, 2.24) is 9.47 Å². The molecule has 0 saturated carbocycles. The molecule has 0 aliphatic heterocycles. The summed E-state index contributed by atoms with van der Waals surface area (Å²) in [6, 6.07) is 6.07. The monoisotopic (exact) mass is 400 g/mol. The third-order valence-corrected chi connectivity index (χ3v) is 5.24. The van der Waals surface area contributed by atoms with E-state index in [0.717, 1.165) is 0 Å². The third kappa shape index (κ3) is 4.18. The number of benzene rings is 1. The minimum atomic E-state index is -0.719. The largest absolute Gasteiger partial charge is 0.497 e. The Bertz CT molecular complexity index is 945. The van der Waals surface area contributed by atoms with Crippen LogP contribution in [0.1, 0.15) is 56.3 Å². The van der Waals surface area contributed by atoms with Crippen LogP contribution in [-0.2, 0) is 11.8 Å². The molecule has 1 aromatic heterocycles. The molecule has 2 aromatic rings. The number of amides is 1. The number of rotatable bonds is 7. The fourth-order valence-corrected chi connectivity index (χ4v) is 3.35. The molecule has 7 heteroatoms. The summed E-state index contributed by atoms with van der Waals surface area (Å²) in [7, 11) is 4.84. The molecule has 0 radical (unpaired) electrons. The summed E-state index contributed by atoms with van der Waals surface area (Å²) < 4.78 is 11.9. The summed E-state index contributed by atoms with van der Waals surface area (Å²) >= 11 is 0. The lowest BCUT2D eigenvalue weighted by Crippen LogP contribution is -2.40. The van der Waals surface area contributed by atoms with Gasteiger partial charge in [0.15, 0.2) is 5.78 Å². The molecule has 7 nitrogen and oxygen atoms in total. The Hall–Kier alpha value is -3.09. The minimum Gasteiger partial charge on any atom is -0.497 e. The van der Waals surface area contributed by atoms with Crippen molar-refractivity contribution in [1.29, 1.82) is 0 Å². The number of carbonyl (C=O) groups is 3. The van der Waals surface area contributed by atoms with Crippen LogP contribution in [0.5, 0.6) is 5.75 Å². The van der Waals surface area contributed by atoms with Gasteiger partial charge in [0.1, 0.15) is 11.4 Å². The van der Waals surface area contributed by atoms with Gasteiger partial charge in [-0.25, -0.2) is 4.79 Å². The molecule has 0 saturated heterocycles. The van der Waals surface area contributed by atoms with E-state index in [-0.39, 0.29) is 18.3 Å². The summed E-state index contributed by atoms with van der Waals surface area (Å²) in [5.41, 5.74) is 2.43. The summed E-state index contributed by atoms with van der Waals surface area (Å²) in [5, 5.41) is 0. The number of Topliss-reactive ketones (excluding diaryl/α,β-unsaturated/α-hetero) is 1. The fraction of sp³-hybridized carbons (Fsp3) is 0.409. The van der Waals surface area contributed by atoms with Gasteiger partial charge in [-0.05, 0) is 51.5 Å². The predicted octanol–water partition coefficient (Wildman–Crippen LogP) is 3.17. The van der Waals surface area contributed by atoms with Gasteiger partial charge in [-0.2, -0.15) is 0 Å². The van der Waals surface area contributed by atoms with Crippen molar-refractivity contribution in [2.24, 2.45) is 7.05 Å². The van der Waals surface area contributed by atoms with Crippen LogP contribution >= 0.6 is 0 Å². The smallest absolute Gasteiger partial charge is 0.355 e. The predicted molar refractivity (Wildman–Crippen MR) is 110 cm³/mol. The lowest BCUT2D eigenvalue weighted by molar-refractivity contribution is 0.0514. The van der Waals surface area contributed by atoms with E-state index in [1.54, 1.807) is 70.6 Å². The quantitative estimate of drug-likeness (QED) is 0.527. The molecular weight excluding hydrogens is 372 g/mol. The number of esters is 1. The number of aromatic nitrogens is 1. The van der Waals surface area contributed by atoms with Crippen molar-refractivity contribution in [2.75, 3.05) is 20.8 Å². The highest BCUT2D eigenvalue weighted by Gasteiger charge is 2.31. The molecule has 1 atom stereocenters. The van der Waals surface area contributed by atoms with Gasteiger partial charge >= 0.3 is 5.97 Å². The van der Waals surface area contributed by atoms with E-state index in [0.29, 0.717) is 33.8 Å². The zero-order valence-electron chi connectivity index (χ0n) is 18.0. The summed E-state index contributed by atoms with van der Waals surface area (Å²) in [6.07, 6.45) is 0. The van der Waals surface area contributed by atoms with E-state index in [4.69, 9.17) is 9.47 Å². The Morgan fingerprint density at radius 2 is 1.86 bits per heavy atom. The maximum absolute atomic E-state index is 13.2. The van der Waals surface area contributed by atoms with Crippen LogP contribution in [0, 0.1) is 13.8 Å². The van der Waals surface area contributed by atoms with Crippen molar-refractivity contribution in [3.05, 3.63) is 52.3 Å². The molecule has 2 rings (SSSR count). The number of methoxy groups -OCH3 is 1. The van der Waals surface area contributed by atoms with E-state index >= 15 is 0 Å². The maximum atomic E-state index is 13.2. The van der Waals surface area contributed by atoms with Crippen molar-refractivity contribution in [3.8, 4) is 5.75 Å². The molecule has 1 heterocycles. The lowest BCUT2D eigenvalue weighted by Gasteiger charge is -2.24. The first-order chi connectivity index (χ1) is 13.6. The number of ether oxygens (including phenoxy) is 2. The van der Waals surface area contributed by atoms with E-state index in [9.17, 15) is 14.4 Å². The molecular formula is C22H28N2O5. The van der Waals surface area contributed by atoms with Gasteiger partial charge in [0, 0.05) is 30.9 Å². The van der Waals surface area contributed by atoms with E-state index in [2.05, 4.69) is 0 Å². The summed E-state index contributed by atoms with van der Waals surface area (Å²) in [4.78, 5) is 39.8. The van der Waals surface area contributed by atoms with Crippen molar-refractivity contribution < 1.29 is 23.9 Å². The molecule has 1 aromatic carbocycles. The molecule has 29 heavy (non-hydrogen) atoms. The first-order valence-electron chi connectivity index (χ1n) is 9.44. The Kier molecular flexibility index (Phi) is 6.84. The second-order valence-electron chi connectivity index (χ2n) is 6.90. The highest BCUT2D eigenvalue weighted by atomic mass is 16.5. The van der Waals surface area contributed by atoms with Crippen LogP contribution in [0.15, 0.2) is 24.3 Å². The van der Waals surface area contributed by atoms with Crippen molar-refractivity contribution >= 4 is 17.7 Å². The number of nitrogens with zero attached hydrogens (tertiary/aromatic N) is 2. The maximum Gasteiger partial charge on any atom is 0.355 e. The Morgan fingerprint density at radius 3 is 2.45 bits per heavy atom. The van der Waals surface area contributed by atoms with Gasteiger partial charge in [0.25, 0.3) is 5.91 Å². The molecule has 0 aliphatic rings.